The van der Waals surface area contributed by atoms with Crippen LogP contribution in [-0.2, 0) is 39.0 Å². The Hall–Kier alpha value is -4.61. The molecule has 0 saturated carbocycles. The molecule has 1 aromatic heterocycles. The lowest BCUT2D eigenvalue weighted by Crippen LogP contribution is -2.46. The van der Waals surface area contributed by atoms with Gasteiger partial charge in [0.1, 0.15) is 16.9 Å². The molecule has 12 nitrogen and oxygen atoms in total. The molecule has 236 valence electrons. The second kappa shape index (κ2) is 13.4. The van der Waals surface area contributed by atoms with Crippen molar-refractivity contribution < 1.29 is 33.3 Å². The summed E-state index contributed by atoms with van der Waals surface area (Å²) >= 11 is 0. The van der Waals surface area contributed by atoms with Crippen molar-refractivity contribution in [2.75, 3.05) is 6.54 Å². The molecule has 2 aromatic carbocycles. The third-order valence-electron chi connectivity index (χ3n) is 6.61. The average Bonchev–Trinajstić information content (AvgIpc) is 3.50. The largest absolute Gasteiger partial charge is 0.509 e. The van der Waals surface area contributed by atoms with Gasteiger partial charge in [-0.2, -0.15) is 0 Å². The molecule has 1 N–H and O–H groups in total. The Kier molecular flexibility index (Phi) is 9.81. The van der Waals surface area contributed by atoms with Crippen LogP contribution in [-0.4, -0.2) is 74.2 Å². The fraction of sp³-hybridized carbons (Fsp3) is 0.469. The van der Waals surface area contributed by atoms with E-state index in [1.165, 1.54) is 4.90 Å². The Morgan fingerprint density at radius 2 is 1.55 bits per heavy atom. The van der Waals surface area contributed by atoms with Gasteiger partial charge in [0, 0.05) is 19.2 Å². The smallest absolute Gasteiger partial charge is 0.444 e. The number of aryl methyl sites for hydroxylation is 1. The van der Waals surface area contributed by atoms with Crippen LogP contribution in [0.1, 0.15) is 52.7 Å². The predicted molar refractivity (Wildman–Crippen MR) is 162 cm³/mol. The van der Waals surface area contributed by atoms with Crippen molar-refractivity contribution >= 4 is 18.3 Å². The van der Waals surface area contributed by atoms with Gasteiger partial charge < -0.3 is 24.3 Å². The lowest BCUT2D eigenvalue weighted by molar-refractivity contribution is -0.0518. The monoisotopic (exact) mass is 607 g/mol. The number of nitrogens with one attached hydrogen (secondary N) is 1. The Morgan fingerprint density at radius 1 is 0.886 bits per heavy atom. The Morgan fingerprint density at radius 3 is 2.14 bits per heavy atom. The summed E-state index contributed by atoms with van der Waals surface area (Å²) in [6, 6.07) is 16.3. The van der Waals surface area contributed by atoms with Gasteiger partial charge in [0.15, 0.2) is 12.2 Å². The van der Waals surface area contributed by atoms with Crippen molar-refractivity contribution in [1.29, 1.82) is 0 Å². The van der Waals surface area contributed by atoms with E-state index in [1.54, 1.807) is 53.3 Å². The molecule has 0 unspecified atom stereocenters. The van der Waals surface area contributed by atoms with Crippen LogP contribution < -0.4 is 5.32 Å². The molecule has 44 heavy (non-hydrogen) atoms. The third kappa shape index (κ3) is 9.19. The number of aromatic nitrogens is 3. The van der Waals surface area contributed by atoms with Gasteiger partial charge in [0.25, 0.3) is 0 Å². The normalized spacial score (nSPS) is 18.4. The van der Waals surface area contributed by atoms with Gasteiger partial charge in [-0.05, 0) is 59.1 Å². The number of carbonyl (C=O) groups is 3. The first-order chi connectivity index (χ1) is 20.7. The van der Waals surface area contributed by atoms with Crippen LogP contribution in [0.25, 0.3) is 11.3 Å². The van der Waals surface area contributed by atoms with Gasteiger partial charge in [0.2, 0.25) is 0 Å². The van der Waals surface area contributed by atoms with Crippen molar-refractivity contribution in [2.45, 2.75) is 84.0 Å². The van der Waals surface area contributed by atoms with Crippen molar-refractivity contribution in [3.63, 3.8) is 0 Å². The van der Waals surface area contributed by atoms with E-state index in [0.717, 1.165) is 22.4 Å². The maximum absolute atomic E-state index is 13.5. The molecule has 3 atom stereocenters. The molecule has 2 heterocycles. The summed E-state index contributed by atoms with van der Waals surface area (Å²) < 4.78 is 24.3. The van der Waals surface area contributed by atoms with E-state index in [0.29, 0.717) is 0 Å². The maximum Gasteiger partial charge on any atom is 0.509 e. The number of hydrogen-bond acceptors (Lipinski definition) is 9. The minimum atomic E-state index is -1.02. The fourth-order valence-electron chi connectivity index (χ4n) is 4.74. The van der Waals surface area contributed by atoms with Gasteiger partial charge in [-0.15, -0.1) is 5.10 Å². The summed E-state index contributed by atoms with van der Waals surface area (Å²) in [4.78, 5) is 40.8. The van der Waals surface area contributed by atoms with Gasteiger partial charge in [-0.3, -0.25) is 9.58 Å². The van der Waals surface area contributed by atoms with E-state index >= 15 is 0 Å². The molecule has 0 spiro atoms. The first-order valence-electron chi connectivity index (χ1n) is 14.5. The third-order valence-corrected chi connectivity index (χ3v) is 6.61. The summed E-state index contributed by atoms with van der Waals surface area (Å²) in [7, 11) is 1.79. The highest BCUT2D eigenvalue weighted by Crippen LogP contribution is 2.30. The van der Waals surface area contributed by atoms with E-state index in [-0.39, 0.29) is 19.5 Å². The van der Waals surface area contributed by atoms with Crippen molar-refractivity contribution in [1.82, 2.24) is 25.2 Å². The number of hydrogen-bond donors (Lipinski definition) is 1. The van der Waals surface area contributed by atoms with Crippen molar-refractivity contribution in [3.8, 4) is 11.3 Å². The number of carbonyl (C=O) groups excluding carboxylic acids is 3. The predicted octanol–water partition coefficient (Wildman–Crippen LogP) is 5.26. The lowest BCUT2D eigenvalue weighted by atomic mass is 9.99. The highest BCUT2D eigenvalue weighted by Gasteiger charge is 2.50. The lowest BCUT2D eigenvalue weighted by Gasteiger charge is -2.30. The van der Waals surface area contributed by atoms with Crippen molar-refractivity contribution in [3.05, 3.63) is 71.9 Å². The molecule has 12 heteroatoms. The van der Waals surface area contributed by atoms with Crippen LogP contribution in [0.3, 0.4) is 0 Å². The number of ether oxygens (including phenoxy) is 4. The zero-order valence-electron chi connectivity index (χ0n) is 26.3. The molecule has 0 bridgehead atoms. The number of likely N-dealkylation sites (tertiary alicyclic amines) is 1. The van der Waals surface area contributed by atoms with Crippen LogP contribution in [0.2, 0.25) is 0 Å². The van der Waals surface area contributed by atoms with E-state index < -0.39 is 47.8 Å². The van der Waals surface area contributed by atoms with Gasteiger partial charge >= 0.3 is 18.3 Å². The highest BCUT2D eigenvalue weighted by molar-refractivity contribution is 5.71. The number of rotatable bonds is 7. The SMILES string of the molecule is Cn1cc(-c2ccc(C[C@@H]3[C@H](OC(=O)NCc4ccccc4)[C@@H](OC(=O)OC(C)(C)C)CN3C(=O)OC(C)(C)C)cc2)nn1. The van der Waals surface area contributed by atoms with E-state index in [2.05, 4.69) is 15.6 Å². The molecule has 2 amide bonds. The highest BCUT2D eigenvalue weighted by atomic mass is 16.7. The average molecular weight is 608 g/mol. The summed E-state index contributed by atoms with van der Waals surface area (Å²) in [6.45, 7) is 10.6. The molecule has 1 fully saturated rings. The molecule has 1 aliphatic rings. The standard InChI is InChI=1S/C32H41N5O7/c1-31(2,3)43-29(39)37-20-26(41-30(40)44-32(4,5)6)27(42-28(38)33-18-22-11-9-8-10-12-22)25(37)17-21-13-15-23(16-14-21)24-19-36(7)35-34-24/h8-16,19,25-27H,17-18,20H2,1-7H3,(H,33,38)/t25-,26+,27+/m1/s1. The molecule has 0 radical (unpaired) electrons. The molecular formula is C32H41N5O7. The number of amides is 2. The molecule has 4 rings (SSSR count). The van der Waals surface area contributed by atoms with Gasteiger partial charge in [-0.1, -0.05) is 59.8 Å². The Balaban J connectivity index is 1.61. The Labute approximate surface area is 257 Å². The first kappa shape index (κ1) is 32.3. The van der Waals surface area contributed by atoms with Crippen LogP contribution in [0.4, 0.5) is 14.4 Å². The minimum Gasteiger partial charge on any atom is -0.444 e. The molecule has 3 aromatic rings. The molecule has 0 aliphatic carbocycles. The Bertz CT molecular complexity index is 1430. The van der Waals surface area contributed by atoms with Crippen molar-refractivity contribution in [2.24, 2.45) is 7.05 Å². The van der Waals surface area contributed by atoms with E-state index in [1.807, 2.05) is 60.8 Å². The van der Waals surface area contributed by atoms with Gasteiger partial charge in [-0.25, -0.2) is 14.4 Å². The summed E-state index contributed by atoms with van der Waals surface area (Å²) in [5, 5.41) is 10.9. The van der Waals surface area contributed by atoms with E-state index in [9.17, 15) is 14.4 Å². The molecule has 1 saturated heterocycles. The topological polar surface area (TPSA) is 134 Å². The van der Waals surface area contributed by atoms with Crippen LogP contribution in [0.5, 0.6) is 0 Å². The quantitative estimate of drug-likeness (QED) is 0.282. The minimum absolute atomic E-state index is 0.0624. The summed E-state index contributed by atoms with van der Waals surface area (Å²) in [5.41, 5.74) is 1.73. The molecule has 1 aliphatic heterocycles. The molecular weight excluding hydrogens is 566 g/mol. The second-order valence-corrected chi connectivity index (χ2v) is 12.7. The van der Waals surface area contributed by atoms with Crippen LogP contribution >= 0.6 is 0 Å². The number of benzene rings is 2. The zero-order valence-corrected chi connectivity index (χ0v) is 26.3. The summed E-state index contributed by atoms with van der Waals surface area (Å²) in [5.74, 6) is 0. The zero-order chi connectivity index (χ0) is 32.1. The summed E-state index contributed by atoms with van der Waals surface area (Å²) in [6.07, 6.45) is -2.21. The first-order valence-corrected chi connectivity index (χ1v) is 14.5. The second-order valence-electron chi connectivity index (χ2n) is 12.7. The van der Waals surface area contributed by atoms with Crippen LogP contribution in [0.15, 0.2) is 60.8 Å². The fourth-order valence-corrected chi connectivity index (χ4v) is 4.74. The number of nitrogens with zero attached hydrogens (tertiary/aromatic N) is 4. The number of alkyl carbamates (subject to hydrolysis) is 1. The maximum atomic E-state index is 13.5. The van der Waals surface area contributed by atoms with Gasteiger partial charge in [0.05, 0.1) is 18.8 Å². The van der Waals surface area contributed by atoms with Crippen LogP contribution in [0, 0.1) is 0 Å². The van der Waals surface area contributed by atoms with E-state index in [4.69, 9.17) is 18.9 Å².